The number of hydrogen-bond donors (Lipinski definition) is 0. The van der Waals surface area contributed by atoms with Crippen LogP contribution in [-0.4, -0.2) is 27.6 Å². The molecule has 0 unspecified atom stereocenters. The Labute approximate surface area is 437 Å². The molecule has 0 fully saturated rings. The van der Waals surface area contributed by atoms with Gasteiger partial charge in [0.1, 0.15) is 0 Å². The Kier molecular flexibility index (Phi) is 5.76. The van der Waals surface area contributed by atoms with Crippen LogP contribution in [0.3, 0.4) is 0 Å². The Balaban J connectivity index is 1.18. The van der Waals surface area contributed by atoms with Gasteiger partial charge in [-0.2, -0.15) is 0 Å². The molecule has 0 aliphatic carbocycles. The van der Waals surface area contributed by atoms with Crippen LogP contribution in [0.15, 0.2) is 254 Å². The summed E-state index contributed by atoms with van der Waals surface area (Å²) in [5, 5.41) is 2.50. The largest absolute Gasteiger partial charge is 0.309 e. The van der Waals surface area contributed by atoms with Crippen molar-refractivity contribution in [1.82, 2.24) is 19.5 Å². The van der Waals surface area contributed by atoms with Gasteiger partial charge in [0.25, 0.3) is 0 Å². The molecule has 0 aliphatic rings. The normalized spacial score (nSPS) is 16.4. The molecular formula is C63H42N4SSi. The summed E-state index contributed by atoms with van der Waals surface area (Å²) < 4.78 is 212. The minimum absolute atomic E-state index is 0.0431. The van der Waals surface area contributed by atoms with E-state index >= 15 is 0 Å². The maximum absolute atomic E-state index is 10.2. The molecule has 0 spiro atoms. The third-order valence-electron chi connectivity index (χ3n) is 11.9. The molecule has 6 heteroatoms. The number of fused-ring (bicyclic) bond motifs is 6. The SMILES string of the molecule is [2H]c1c([2H])c([2H])c(-c2c([2H])c([2H])c3c(sc4c([2H])c([2H])c([2H])c([2H])c43)c2[2H])c(-c2nc(-c3cccc([Si](c4ccccc4)(c4ccccc4)c4ccccc4)c3)nc(-c3c([2H])c([2H])c([2H])c(-n4c5c([2H])c([2H])c([2H])c([2H])c5c5c([2H])c([2H])c([2H])c([2H])c54)c3[2H])n2)c1[2H]. The number of rotatable bonds is 9. The summed E-state index contributed by atoms with van der Waals surface area (Å²) in [5.41, 5.74) is -3.94. The van der Waals surface area contributed by atoms with E-state index < -0.39 is 208 Å². The third kappa shape index (κ3) is 6.91. The van der Waals surface area contributed by atoms with Gasteiger partial charge < -0.3 is 4.57 Å². The lowest BCUT2D eigenvalue weighted by Crippen LogP contribution is -2.74. The lowest BCUT2D eigenvalue weighted by atomic mass is 9.98. The zero-order valence-electron chi connectivity index (χ0n) is 58.7. The standard InChI is InChI=1S/C63H42N4SSi/c1-4-23-47(24-5-1)69(48-25-6-2-7-26-48,49-27-8-3-9-28-49)50-29-19-21-45(41-50)62-64-61(44-20-18-22-46(40-44)67-57-35-15-12-31-52(57)53-32-13-16-36-58(53)67)65-63(66-62)56-34-11-10-30-51(56)43-38-39-55-54-33-14-17-37-59(54)68-60(55)42-43/h1-42H/i10D,11D,12D,13D,14D,15D,16D,17D,18D,20D,22D,30D,31D,32D,33D,34D,35D,36D,37D,38D,39D,40D,42D. The topological polar surface area (TPSA) is 43.6 Å². The first-order valence-corrected chi connectivity index (χ1v) is 24.3. The van der Waals surface area contributed by atoms with E-state index in [1.165, 1.54) is 0 Å². The fraction of sp³-hybridized carbons (Fsp3) is 0. The second-order valence-electron chi connectivity index (χ2n) is 15.8. The molecule has 13 rings (SSSR count). The first-order chi connectivity index (χ1) is 43.8. The lowest BCUT2D eigenvalue weighted by Gasteiger charge is -2.34. The Morgan fingerprint density at radius 3 is 1.58 bits per heavy atom. The molecule has 13 aromatic rings. The van der Waals surface area contributed by atoms with Gasteiger partial charge in [-0.25, -0.2) is 15.0 Å². The molecule has 0 N–H and O–H groups in total. The minimum atomic E-state index is -3.41. The summed E-state index contributed by atoms with van der Waals surface area (Å²) in [5.74, 6) is -1.59. The predicted octanol–water partition coefficient (Wildman–Crippen LogP) is 13.4. The predicted molar refractivity (Wildman–Crippen MR) is 292 cm³/mol. The van der Waals surface area contributed by atoms with Crippen molar-refractivity contribution in [2.45, 2.75) is 0 Å². The average Bonchev–Trinajstić information content (AvgIpc) is 1.48. The van der Waals surface area contributed by atoms with E-state index in [4.69, 9.17) is 31.4 Å². The number of para-hydroxylation sites is 2. The highest BCUT2D eigenvalue weighted by atomic mass is 32.1. The number of hydrogen-bond acceptors (Lipinski definition) is 4. The molecule has 3 aromatic heterocycles. The number of nitrogens with zero attached hydrogens (tertiary/aromatic N) is 4. The van der Waals surface area contributed by atoms with Gasteiger partial charge in [-0.15, -0.1) is 11.3 Å². The van der Waals surface area contributed by atoms with Crippen molar-refractivity contribution >= 4 is 82.1 Å². The minimum Gasteiger partial charge on any atom is -0.309 e. The molecule has 10 aromatic carbocycles. The highest BCUT2D eigenvalue weighted by Gasteiger charge is 2.41. The van der Waals surface area contributed by atoms with Gasteiger partial charge in [0.2, 0.25) is 0 Å². The Morgan fingerprint density at radius 2 is 0.913 bits per heavy atom. The summed E-state index contributed by atoms with van der Waals surface area (Å²) in [6, 6.07) is 19.1. The molecule has 69 heavy (non-hydrogen) atoms. The number of benzene rings is 10. The van der Waals surface area contributed by atoms with E-state index in [1.54, 1.807) is 12.1 Å². The molecule has 0 saturated carbocycles. The quantitative estimate of drug-likeness (QED) is 0.107. The molecule has 0 aliphatic heterocycles. The van der Waals surface area contributed by atoms with Crippen LogP contribution in [0.5, 0.6) is 0 Å². The van der Waals surface area contributed by atoms with Gasteiger partial charge in [0.15, 0.2) is 25.5 Å². The summed E-state index contributed by atoms with van der Waals surface area (Å²) in [6.07, 6.45) is 0. The Morgan fingerprint density at radius 1 is 0.377 bits per heavy atom. The molecular weight excluding hydrogens is 873 g/mol. The van der Waals surface area contributed by atoms with Crippen LogP contribution in [0, 0.1) is 0 Å². The fourth-order valence-electron chi connectivity index (χ4n) is 8.98. The zero-order valence-corrected chi connectivity index (χ0v) is 37.5. The first-order valence-electron chi connectivity index (χ1n) is 33.0. The summed E-state index contributed by atoms with van der Waals surface area (Å²) in [4.78, 5) is 14.7. The van der Waals surface area contributed by atoms with Crippen molar-refractivity contribution in [1.29, 1.82) is 0 Å². The number of aromatic nitrogens is 4. The van der Waals surface area contributed by atoms with Gasteiger partial charge in [-0.05, 0) is 68.1 Å². The second-order valence-corrected chi connectivity index (χ2v) is 20.6. The lowest BCUT2D eigenvalue weighted by molar-refractivity contribution is 1.07. The zero-order chi connectivity index (χ0) is 65.7. The van der Waals surface area contributed by atoms with Crippen molar-refractivity contribution in [3.05, 3.63) is 254 Å². The van der Waals surface area contributed by atoms with Crippen molar-refractivity contribution in [3.8, 4) is 51.0 Å². The third-order valence-corrected chi connectivity index (χ3v) is 17.7. The Bertz CT molecular complexity index is 5230. The van der Waals surface area contributed by atoms with Crippen molar-refractivity contribution < 1.29 is 31.5 Å². The smallest absolute Gasteiger partial charge is 0.179 e. The van der Waals surface area contributed by atoms with Gasteiger partial charge in [0, 0.05) is 53.3 Å². The van der Waals surface area contributed by atoms with Crippen LogP contribution in [-0.2, 0) is 0 Å². The molecule has 4 nitrogen and oxygen atoms in total. The average molecular weight is 938 g/mol. The van der Waals surface area contributed by atoms with Crippen LogP contribution in [0.25, 0.3) is 93.0 Å². The van der Waals surface area contributed by atoms with Crippen LogP contribution in [0.1, 0.15) is 31.5 Å². The summed E-state index contributed by atoms with van der Waals surface area (Å²) >= 11 is 0.721. The highest BCUT2D eigenvalue weighted by molar-refractivity contribution is 7.25. The molecule has 324 valence electrons. The van der Waals surface area contributed by atoms with Crippen LogP contribution in [0.4, 0.5) is 0 Å². The molecule has 0 radical (unpaired) electrons. The van der Waals surface area contributed by atoms with Crippen LogP contribution < -0.4 is 20.7 Å². The van der Waals surface area contributed by atoms with Gasteiger partial charge in [-0.3, -0.25) is 0 Å². The first kappa shape index (κ1) is 23.4. The van der Waals surface area contributed by atoms with Crippen LogP contribution in [0.2, 0.25) is 0 Å². The van der Waals surface area contributed by atoms with Crippen molar-refractivity contribution in [2.24, 2.45) is 0 Å². The summed E-state index contributed by atoms with van der Waals surface area (Å²) in [7, 11) is -3.41. The van der Waals surface area contributed by atoms with Crippen LogP contribution >= 0.6 is 11.3 Å². The van der Waals surface area contributed by atoms with Crippen molar-refractivity contribution in [3.63, 3.8) is 0 Å². The molecule has 3 heterocycles. The molecule has 0 bridgehead atoms. The monoisotopic (exact) mass is 937 g/mol. The molecule has 0 amide bonds. The van der Waals surface area contributed by atoms with E-state index in [0.29, 0.717) is 0 Å². The summed E-state index contributed by atoms with van der Waals surface area (Å²) in [6.45, 7) is 0. The van der Waals surface area contributed by atoms with E-state index in [9.17, 15) is 15.1 Å². The van der Waals surface area contributed by atoms with E-state index in [0.717, 1.165) is 36.7 Å². The maximum Gasteiger partial charge on any atom is 0.179 e. The second kappa shape index (κ2) is 17.0. The maximum atomic E-state index is 10.2. The van der Waals surface area contributed by atoms with Gasteiger partial charge in [-0.1, -0.05) is 218 Å². The Hall–Kier alpha value is -8.55. The molecule has 0 saturated heterocycles. The van der Waals surface area contributed by atoms with Crippen molar-refractivity contribution in [2.75, 3.05) is 0 Å². The highest BCUT2D eigenvalue weighted by Crippen LogP contribution is 2.39. The van der Waals surface area contributed by atoms with E-state index in [2.05, 4.69) is 0 Å². The fourth-order valence-corrected chi connectivity index (χ4v) is 14.7. The van der Waals surface area contributed by atoms with Gasteiger partial charge in [0.05, 0.1) is 42.6 Å². The van der Waals surface area contributed by atoms with E-state index in [-0.39, 0.29) is 31.6 Å². The van der Waals surface area contributed by atoms with E-state index in [1.807, 2.05) is 103 Å². The molecule has 0 atom stereocenters. The van der Waals surface area contributed by atoms with Gasteiger partial charge >= 0.3 is 0 Å². The number of thiophene rings is 1.